The SMILES string of the molecule is O=C(/C=C(\O)c1ccc(Cl)cc1)c1cc(Cl)cc(Cl)c1O. The summed E-state index contributed by atoms with van der Waals surface area (Å²) in [6.07, 6.45) is 0.977. The molecule has 2 aromatic carbocycles. The molecule has 2 rings (SSSR count). The monoisotopic (exact) mass is 342 g/mol. The second-order valence-corrected chi connectivity index (χ2v) is 5.46. The number of allylic oxidation sites excluding steroid dienone is 1. The summed E-state index contributed by atoms with van der Waals surface area (Å²) < 4.78 is 0. The molecule has 3 nitrogen and oxygen atoms in total. The van der Waals surface area contributed by atoms with Gasteiger partial charge in [-0.25, -0.2) is 0 Å². The molecule has 21 heavy (non-hydrogen) atoms. The highest BCUT2D eigenvalue weighted by Crippen LogP contribution is 2.32. The highest BCUT2D eigenvalue weighted by Gasteiger charge is 2.15. The topological polar surface area (TPSA) is 57.5 Å². The number of carbonyl (C=O) groups excluding carboxylic acids is 1. The van der Waals surface area contributed by atoms with Crippen molar-refractivity contribution in [2.24, 2.45) is 0 Å². The molecular formula is C15H9Cl3O3. The Morgan fingerprint density at radius 1 is 1.00 bits per heavy atom. The first kappa shape index (κ1) is 15.7. The molecule has 0 saturated carbocycles. The zero-order valence-corrected chi connectivity index (χ0v) is 12.7. The number of rotatable bonds is 3. The van der Waals surface area contributed by atoms with Gasteiger partial charge in [0.25, 0.3) is 0 Å². The molecule has 0 amide bonds. The van der Waals surface area contributed by atoms with Crippen LogP contribution in [0.25, 0.3) is 5.76 Å². The number of hydrogen-bond acceptors (Lipinski definition) is 3. The summed E-state index contributed by atoms with van der Waals surface area (Å²) in [4.78, 5) is 12.1. The Balaban J connectivity index is 2.37. The largest absolute Gasteiger partial charge is 0.507 e. The molecule has 0 aromatic heterocycles. The summed E-state index contributed by atoms with van der Waals surface area (Å²) in [6, 6.07) is 8.88. The number of phenolic OH excluding ortho intramolecular Hbond substituents is 1. The first-order valence-electron chi connectivity index (χ1n) is 5.77. The maximum absolute atomic E-state index is 12.1. The van der Waals surface area contributed by atoms with E-state index in [1.165, 1.54) is 12.1 Å². The van der Waals surface area contributed by atoms with E-state index in [-0.39, 0.29) is 27.1 Å². The number of hydrogen-bond donors (Lipinski definition) is 2. The van der Waals surface area contributed by atoms with E-state index in [1.807, 2.05) is 0 Å². The number of ketones is 1. The van der Waals surface area contributed by atoms with E-state index < -0.39 is 5.78 Å². The fourth-order valence-electron chi connectivity index (χ4n) is 1.66. The molecule has 0 spiro atoms. The summed E-state index contributed by atoms with van der Waals surface area (Å²) >= 11 is 17.3. The molecule has 2 aromatic rings. The molecule has 0 aliphatic heterocycles. The Labute approximate surface area is 136 Å². The van der Waals surface area contributed by atoms with Crippen LogP contribution in [-0.2, 0) is 0 Å². The van der Waals surface area contributed by atoms with Crippen LogP contribution in [0.15, 0.2) is 42.5 Å². The lowest BCUT2D eigenvalue weighted by Crippen LogP contribution is -1.98. The summed E-state index contributed by atoms with van der Waals surface area (Å²) in [6.45, 7) is 0. The van der Waals surface area contributed by atoms with Crippen molar-refractivity contribution < 1.29 is 15.0 Å². The quantitative estimate of drug-likeness (QED) is 0.461. The van der Waals surface area contributed by atoms with E-state index in [4.69, 9.17) is 34.8 Å². The lowest BCUT2D eigenvalue weighted by Gasteiger charge is -2.05. The zero-order chi connectivity index (χ0) is 15.6. The standard InChI is InChI=1S/C15H9Cl3O3/c16-9-3-1-8(2-4-9)13(19)7-14(20)11-5-10(17)6-12(18)15(11)21/h1-7,19,21H/b13-7-. The van der Waals surface area contributed by atoms with Crippen LogP contribution in [-0.4, -0.2) is 16.0 Å². The van der Waals surface area contributed by atoms with Gasteiger partial charge >= 0.3 is 0 Å². The van der Waals surface area contributed by atoms with Gasteiger partial charge in [0.15, 0.2) is 5.78 Å². The maximum atomic E-state index is 12.1. The van der Waals surface area contributed by atoms with E-state index in [2.05, 4.69) is 0 Å². The highest BCUT2D eigenvalue weighted by molar-refractivity contribution is 6.36. The van der Waals surface area contributed by atoms with Gasteiger partial charge in [0.05, 0.1) is 10.6 Å². The molecule has 0 atom stereocenters. The van der Waals surface area contributed by atoms with Crippen LogP contribution in [0.1, 0.15) is 15.9 Å². The Morgan fingerprint density at radius 3 is 2.24 bits per heavy atom. The first-order chi connectivity index (χ1) is 9.88. The van der Waals surface area contributed by atoms with Crippen LogP contribution < -0.4 is 0 Å². The fraction of sp³-hybridized carbons (Fsp3) is 0. The molecule has 2 N–H and O–H groups in total. The molecule has 0 unspecified atom stereocenters. The van der Waals surface area contributed by atoms with Gasteiger partial charge in [-0.05, 0) is 36.4 Å². The number of carbonyl (C=O) groups is 1. The van der Waals surface area contributed by atoms with Crippen molar-refractivity contribution in [3.8, 4) is 5.75 Å². The normalized spacial score (nSPS) is 11.5. The number of halogens is 3. The van der Waals surface area contributed by atoms with Crippen LogP contribution in [0.4, 0.5) is 0 Å². The van der Waals surface area contributed by atoms with Crippen molar-refractivity contribution in [2.45, 2.75) is 0 Å². The van der Waals surface area contributed by atoms with Crippen LogP contribution in [0, 0.1) is 0 Å². The number of phenols is 1. The van der Waals surface area contributed by atoms with Gasteiger partial charge < -0.3 is 10.2 Å². The van der Waals surface area contributed by atoms with E-state index in [0.29, 0.717) is 10.6 Å². The molecule has 0 bridgehead atoms. The van der Waals surface area contributed by atoms with Gasteiger partial charge in [-0.15, -0.1) is 0 Å². The van der Waals surface area contributed by atoms with Gasteiger partial charge in [0.1, 0.15) is 11.5 Å². The molecule has 0 aliphatic rings. The molecular weight excluding hydrogens is 335 g/mol. The van der Waals surface area contributed by atoms with Crippen LogP contribution in [0.3, 0.4) is 0 Å². The van der Waals surface area contributed by atoms with Crippen molar-refractivity contribution in [3.05, 3.63) is 68.7 Å². The van der Waals surface area contributed by atoms with Crippen molar-refractivity contribution >= 4 is 46.3 Å². The summed E-state index contributed by atoms with van der Waals surface area (Å²) in [7, 11) is 0. The lowest BCUT2D eigenvalue weighted by molar-refractivity contribution is 0.104. The van der Waals surface area contributed by atoms with Crippen LogP contribution in [0.5, 0.6) is 5.75 Å². The molecule has 0 saturated heterocycles. The minimum atomic E-state index is -0.621. The Kier molecular flexibility index (Phi) is 4.78. The third-order valence-corrected chi connectivity index (χ3v) is 3.46. The molecule has 0 heterocycles. The van der Waals surface area contributed by atoms with E-state index in [1.54, 1.807) is 24.3 Å². The van der Waals surface area contributed by atoms with E-state index in [0.717, 1.165) is 6.08 Å². The first-order valence-corrected chi connectivity index (χ1v) is 6.91. The third-order valence-electron chi connectivity index (χ3n) is 2.70. The predicted molar refractivity (Wildman–Crippen MR) is 84.5 cm³/mol. The zero-order valence-electron chi connectivity index (χ0n) is 10.5. The smallest absolute Gasteiger partial charge is 0.193 e. The minimum absolute atomic E-state index is 0.0368. The number of aromatic hydroxyl groups is 1. The number of aliphatic hydroxyl groups is 1. The van der Waals surface area contributed by atoms with Crippen molar-refractivity contribution in [2.75, 3.05) is 0 Å². The third kappa shape index (κ3) is 3.70. The fourth-order valence-corrected chi connectivity index (χ4v) is 2.28. The second kappa shape index (κ2) is 6.39. The summed E-state index contributed by atoms with van der Waals surface area (Å²) in [5.74, 6) is -1.26. The van der Waals surface area contributed by atoms with Crippen molar-refractivity contribution in [1.29, 1.82) is 0 Å². The molecule has 0 fully saturated rings. The molecule has 0 aliphatic carbocycles. The summed E-state index contributed by atoms with van der Waals surface area (Å²) in [5.41, 5.74) is 0.327. The Bertz CT molecular complexity index is 722. The minimum Gasteiger partial charge on any atom is -0.507 e. The maximum Gasteiger partial charge on any atom is 0.193 e. The molecule has 0 radical (unpaired) electrons. The van der Waals surface area contributed by atoms with Crippen LogP contribution >= 0.6 is 34.8 Å². The van der Waals surface area contributed by atoms with Gasteiger partial charge in [0, 0.05) is 21.7 Å². The molecule has 108 valence electrons. The van der Waals surface area contributed by atoms with Crippen molar-refractivity contribution in [3.63, 3.8) is 0 Å². The van der Waals surface area contributed by atoms with Crippen molar-refractivity contribution in [1.82, 2.24) is 0 Å². The van der Waals surface area contributed by atoms with Gasteiger partial charge in [-0.3, -0.25) is 4.79 Å². The lowest BCUT2D eigenvalue weighted by atomic mass is 10.1. The second-order valence-electron chi connectivity index (χ2n) is 4.18. The van der Waals surface area contributed by atoms with Gasteiger partial charge in [-0.1, -0.05) is 34.8 Å². The number of benzene rings is 2. The average molecular weight is 344 g/mol. The Hall–Kier alpha value is -1.68. The van der Waals surface area contributed by atoms with E-state index in [9.17, 15) is 15.0 Å². The van der Waals surface area contributed by atoms with Crippen LogP contribution in [0.2, 0.25) is 15.1 Å². The number of aliphatic hydroxyl groups excluding tert-OH is 1. The summed E-state index contributed by atoms with van der Waals surface area (Å²) in [5, 5.41) is 20.4. The highest BCUT2D eigenvalue weighted by atomic mass is 35.5. The Morgan fingerprint density at radius 2 is 1.62 bits per heavy atom. The predicted octanol–water partition coefficient (Wildman–Crippen LogP) is 5.13. The van der Waals surface area contributed by atoms with E-state index >= 15 is 0 Å². The average Bonchev–Trinajstić information content (AvgIpc) is 2.43. The van der Waals surface area contributed by atoms with Gasteiger partial charge in [0.2, 0.25) is 0 Å². The molecule has 6 heteroatoms. The van der Waals surface area contributed by atoms with Gasteiger partial charge in [-0.2, -0.15) is 0 Å².